The summed E-state index contributed by atoms with van der Waals surface area (Å²) in [6.07, 6.45) is -4.71. The molecule has 0 aliphatic carbocycles. The van der Waals surface area contributed by atoms with Gasteiger partial charge in [-0.2, -0.15) is 0 Å². The van der Waals surface area contributed by atoms with E-state index in [4.69, 9.17) is 14.6 Å². The van der Waals surface area contributed by atoms with Crippen molar-refractivity contribution in [2.75, 3.05) is 7.11 Å². The molecule has 5 heteroatoms. The van der Waals surface area contributed by atoms with E-state index in [1.165, 1.54) is 7.11 Å². The molecule has 0 aromatic carbocycles. The van der Waals surface area contributed by atoms with E-state index in [9.17, 15) is 10.2 Å². The molecule has 12 heavy (non-hydrogen) atoms. The molecule has 5 nitrogen and oxygen atoms in total. The van der Waals surface area contributed by atoms with Gasteiger partial charge in [-0.15, -0.1) is 0 Å². The van der Waals surface area contributed by atoms with Crippen LogP contribution in [0.3, 0.4) is 0 Å². The highest BCUT2D eigenvalue weighted by Crippen LogP contribution is 2.21. The molecule has 0 bridgehead atoms. The van der Waals surface area contributed by atoms with Gasteiger partial charge in [0.25, 0.3) is 0 Å². The molecule has 0 radical (unpaired) electrons. The minimum atomic E-state index is -1.28. The number of ether oxygens (including phenoxy) is 2. The summed E-state index contributed by atoms with van der Waals surface area (Å²) in [5.41, 5.74) is 0. The summed E-state index contributed by atoms with van der Waals surface area (Å²) in [6, 6.07) is 0. The predicted octanol–water partition coefficient (Wildman–Crippen LogP) is -1.54. The number of hydrogen-bond donors (Lipinski definition) is 3. The summed E-state index contributed by atoms with van der Waals surface area (Å²) in [4.78, 5) is 0. The third-order valence-corrected chi connectivity index (χ3v) is 2.07. The highest BCUT2D eigenvalue weighted by Gasteiger charge is 2.42. The number of aliphatic hydroxyl groups is 3. The SMILES string of the molecule is CO[C@@H]1[C@@H](O)[C@@H](O)O[C@H](C)[C@H]1O. The molecule has 5 atom stereocenters. The number of hydrogen-bond acceptors (Lipinski definition) is 5. The Bertz CT molecular complexity index is 137. The van der Waals surface area contributed by atoms with Crippen LogP contribution in [0.1, 0.15) is 6.92 Å². The van der Waals surface area contributed by atoms with E-state index >= 15 is 0 Å². The van der Waals surface area contributed by atoms with Gasteiger partial charge in [0.15, 0.2) is 6.29 Å². The molecule has 1 aliphatic heterocycles. The number of aliphatic hydroxyl groups excluding tert-OH is 3. The summed E-state index contributed by atoms with van der Waals surface area (Å²) in [6.45, 7) is 1.60. The van der Waals surface area contributed by atoms with Crippen molar-refractivity contribution in [3.05, 3.63) is 0 Å². The highest BCUT2D eigenvalue weighted by molar-refractivity contribution is 4.87. The van der Waals surface area contributed by atoms with Crippen LogP contribution in [0.2, 0.25) is 0 Å². The molecule has 1 heterocycles. The van der Waals surface area contributed by atoms with Gasteiger partial charge in [0.1, 0.15) is 18.3 Å². The molecule has 0 amide bonds. The molecule has 1 fully saturated rings. The second-order valence-corrected chi connectivity index (χ2v) is 2.91. The Morgan fingerprint density at radius 1 is 1.17 bits per heavy atom. The standard InChI is InChI=1S/C7H14O5/c1-3-4(8)6(11-2)5(9)7(10)12-3/h3-10H,1-2H3/t3-,4-,5-,6+,7+/m1/s1. The quantitative estimate of drug-likeness (QED) is 0.453. The molecule has 0 unspecified atom stereocenters. The van der Waals surface area contributed by atoms with Crippen molar-refractivity contribution >= 4 is 0 Å². The highest BCUT2D eigenvalue weighted by atomic mass is 16.6. The van der Waals surface area contributed by atoms with E-state index in [1.54, 1.807) is 6.92 Å². The van der Waals surface area contributed by atoms with E-state index in [0.717, 1.165) is 0 Å². The van der Waals surface area contributed by atoms with Crippen molar-refractivity contribution in [3.63, 3.8) is 0 Å². The lowest BCUT2D eigenvalue weighted by molar-refractivity contribution is -0.282. The summed E-state index contributed by atoms with van der Waals surface area (Å²) >= 11 is 0. The van der Waals surface area contributed by atoms with Crippen LogP contribution >= 0.6 is 0 Å². The van der Waals surface area contributed by atoms with E-state index < -0.39 is 30.7 Å². The minimum Gasteiger partial charge on any atom is -0.388 e. The van der Waals surface area contributed by atoms with Gasteiger partial charge >= 0.3 is 0 Å². The van der Waals surface area contributed by atoms with Gasteiger partial charge in [-0.1, -0.05) is 0 Å². The maximum Gasteiger partial charge on any atom is 0.183 e. The molecule has 72 valence electrons. The fraction of sp³-hybridized carbons (Fsp3) is 1.00. The average Bonchev–Trinajstić information content (AvgIpc) is 2.02. The molecule has 1 saturated heterocycles. The van der Waals surface area contributed by atoms with Crippen LogP contribution in [0.15, 0.2) is 0 Å². The zero-order valence-electron chi connectivity index (χ0n) is 7.04. The summed E-state index contributed by atoms with van der Waals surface area (Å²) in [5.74, 6) is 0. The maximum atomic E-state index is 9.40. The van der Waals surface area contributed by atoms with Crippen LogP contribution in [0, 0.1) is 0 Å². The monoisotopic (exact) mass is 178 g/mol. The third kappa shape index (κ3) is 1.60. The average molecular weight is 178 g/mol. The molecule has 3 N–H and O–H groups in total. The molecular weight excluding hydrogens is 164 g/mol. The Morgan fingerprint density at radius 2 is 1.75 bits per heavy atom. The second kappa shape index (κ2) is 3.68. The molecule has 1 rings (SSSR count). The lowest BCUT2D eigenvalue weighted by Crippen LogP contribution is -2.57. The van der Waals surface area contributed by atoms with Crippen LogP contribution in [0.5, 0.6) is 0 Å². The molecule has 0 aromatic rings. The van der Waals surface area contributed by atoms with Gasteiger partial charge in [-0.05, 0) is 6.92 Å². The smallest absolute Gasteiger partial charge is 0.183 e. The first kappa shape index (κ1) is 9.88. The Labute approximate surface area is 70.5 Å². The van der Waals surface area contributed by atoms with E-state index in [-0.39, 0.29) is 0 Å². The van der Waals surface area contributed by atoms with Crippen molar-refractivity contribution in [1.82, 2.24) is 0 Å². The Morgan fingerprint density at radius 3 is 2.25 bits per heavy atom. The Kier molecular flexibility index (Phi) is 3.03. The van der Waals surface area contributed by atoms with Crippen LogP contribution in [0.25, 0.3) is 0 Å². The first-order valence-corrected chi connectivity index (χ1v) is 3.80. The molecule has 0 aromatic heterocycles. The number of rotatable bonds is 1. The first-order chi connectivity index (χ1) is 5.57. The van der Waals surface area contributed by atoms with Crippen molar-refractivity contribution < 1.29 is 24.8 Å². The third-order valence-electron chi connectivity index (χ3n) is 2.07. The Hall–Kier alpha value is -0.200. The topological polar surface area (TPSA) is 79.2 Å². The lowest BCUT2D eigenvalue weighted by atomic mass is 10.00. The van der Waals surface area contributed by atoms with Crippen LogP contribution in [-0.2, 0) is 9.47 Å². The van der Waals surface area contributed by atoms with Crippen molar-refractivity contribution in [2.45, 2.75) is 37.6 Å². The number of methoxy groups -OCH3 is 1. The van der Waals surface area contributed by atoms with Gasteiger partial charge in [0, 0.05) is 7.11 Å². The summed E-state index contributed by atoms with van der Waals surface area (Å²) in [7, 11) is 1.36. The van der Waals surface area contributed by atoms with Gasteiger partial charge in [0.05, 0.1) is 6.10 Å². The molecule has 0 spiro atoms. The van der Waals surface area contributed by atoms with Gasteiger partial charge < -0.3 is 24.8 Å². The van der Waals surface area contributed by atoms with Crippen molar-refractivity contribution in [3.8, 4) is 0 Å². The van der Waals surface area contributed by atoms with E-state index in [0.29, 0.717) is 0 Å². The van der Waals surface area contributed by atoms with Crippen molar-refractivity contribution in [1.29, 1.82) is 0 Å². The van der Waals surface area contributed by atoms with Crippen LogP contribution < -0.4 is 0 Å². The van der Waals surface area contributed by atoms with E-state index in [2.05, 4.69) is 0 Å². The van der Waals surface area contributed by atoms with Gasteiger partial charge in [-0.25, -0.2) is 0 Å². The second-order valence-electron chi connectivity index (χ2n) is 2.91. The van der Waals surface area contributed by atoms with Gasteiger partial charge in [-0.3, -0.25) is 0 Å². The zero-order chi connectivity index (χ0) is 9.30. The lowest BCUT2D eigenvalue weighted by Gasteiger charge is -2.38. The Balaban J connectivity index is 2.67. The normalized spacial score (nSPS) is 49.2. The molecular formula is C7H14O5. The first-order valence-electron chi connectivity index (χ1n) is 3.80. The fourth-order valence-electron chi connectivity index (χ4n) is 1.29. The minimum absolute atomic E-state index is 0.534. The molecule has 1 aliphatic rings. The fourth-order valence-corrected chi connectivity index (χ4v) is 1.29. The summed E-state index contributed by atoms with van der Waals surface area (Å²) in [5, 5.41) is 27.8. The largest absolute Gasteiger partial charge is 0.388 e. The van der Waals surface area contributed by atoms with Crippen LogP contribution in [-0.4, -0.2) is 53.1 Å². The summed E-state index contributed by atoms with van der Waals surface area (Å²) < 4.78 is 9.63. The van der Waals surface area contributed by atoms with E-state index in [1.807, 2.05) is 0 Å². The maximum absolute atomic E-state index is 9.40. The molecule has 0 saturated carbocycles. The predicted molar refractivity (Wildman–Crippen MR) is 39.4 cm³/mol. The van der Waals surface area contributed by atoms with Crippen molar-refractivity contribution in [2.24, 2.45) is 0 Å². The van der Waals surface area contributed by atoms with Gasteiger partial charge in [0.2, 0.25) is 0 Å². The van der Waals surface area contributed by atoms with Crippen LogP contribution in [0.4, 0.5) is 0 Å². The zero-order valence-corrected chi connectivity index (χ0v) is 7.04.